The van der Waals surface area contributed by atoms with Crippen LogP contribution in [0.1, 0.15) is 168 Å². The largest absolute Gasteiger partial charge is 0.470 e. The Bertz CT molecular complexity index is 702. The molecule has 0 aromatic rings. The van der Waals surface area contributed by atoms with Crippen LogP contribution in [-0.4, -0.2) is 59.1 Å². The minimum absolute atomic E-state index is 0.0888. The third-order valence-electron chi connectivity index (χ3n) is 8.07. The molecule has 0 aliphatic heterocycles. The normalized spacial score (nSPS) is 13.8. The fraction of sp³-hybridized carbons (Fsp3) is 0.939. The molecule has 0 bridgehead atoms. The second-order valence-corrected chi connectivity index (χ2v) is 14.3. The van der Waals surface area contributed by atoms with Crippen molar-refractivity contribution in [3.05, 3.63) is 0 Å². The molecule has 2 atom stereocenters. The van der Waals surface area contributed by atoms with Crippen LogP contribution in [0.5, 0.6) is 0 Å². The number of phosphoric acid groups is 1. The van der Waals surface area contributed by atoms with Gasteiger partial charge in [0, 0.05) is 12.8 Å². The topological polar surface area (TPSA) is 101 Å². The molecule has 2 N–H and O–H groups in total. The lowest BCUT2D eigenvalue weighted by Crippen LogP contribution is -2.58. The van der Waals surface area contributed by atoms with Crippen LogP contribution >= 0.6 is 7.82 Å². The Morgan fingerprint density at radius 2 is 0.854 bits per heavy atom. The molecule has 0 aliphatic carbocycles. The van der Waals surface area contributed by atoms with Crippen LogP contribution in [0.15, 0.2) is 0 Å². The number of carbonyl (C=O) groups excluding carboxylic acids is 2. The summed E-state index contributed by atoms with van der Waals surface area (Å²) in [4.78, 5) is 45.7. The van der Waals surface area contributed by atoms with Crippen molar-refractivity contribution in [1.82, 2.24) is 0 Å². The second-order valence-electron chi connectivity index (χ2n) is 13.1. The lowest BCUT2D eigenvalue weighted by atomic mass is 9.93. The monoisotopic (exact) mass is 604 g/mol. The van der Waals surface area contributed by atoms with E-state index in [1.807, 2.05) is 0 Å². The van der Waals surface area contributed by atoms with Gasteiger partial charge in [-0.05, 0) is 12.8 Å². The van der Waals surface area contributed by atoms with E-state index in [1.54, 1.807) is 21.1 Å². The highest BCUT2D eigenvalue weighted by Crippen LogP contribution is 2.40. The molecule has 0 amide bonds. The van der Waals surface area contributed by atoms with E-state index in [9.17, 15) is 23.9 Å². The average Bonchev–Trinajstić information content (AvgIpc) is 2.88. The number of rotatable bonds is 30. The molecule has 0 spiro atoms. The van der Waals surface area contributed by atoms with E-state index in [0.29, 0.717) is 12.8 Å². The van der Waals surface area contributed by atoms with Crippen molar-refractivity contribution in [3.8, 4) is 0 Å². The number of quaternary nitrogens is 1. The van der Waals surface area contributed by atoms with Gasteiger partial charge in [0.15, 0.2) is 23.7 Å². The van der Waals surface area contributed by atoms with Gasteiger partial charge in [0.25, 0.3) is 0 Å². The third-order valence-corrected chi connectivity index (χ3v) is 8.57. The van der Waals surface area contributed by atoms with Gasteiger partial charge >= 0.3 is 7.82 Å². The molecule has 0 aliphatic rings. The first kappa shape index (κ1) is 40.4. The maximum atomic E-state index is 13.3. The van der Waals surface area contributed by atoms with Crippen LogP contribution in [0.4, 0.5) is 0 Å². The fourth-order valence-electron chi connectivity index (χ4n) is 5.66. The van der Waals surface area contributed by atoms with Gasteiger partial charge in [-0.3, -0.25) is 14.1 Å². The Kier molecular flexibility index (Phi) is 24.5. The maximum absolute atomic E-state index is 13.3. The number of phosphoric ester groups is 1. The zero-order valence-electron chi connectivity index (χ0n) is 27.5. The predicted octanol–water partition coefficient (Wildman–Crippen LogP) is 9.08. The molecule has 0 saturated heterocycles. The first-order valence-corrected chi connectivity index (χ1v) is 18.6. The molecule has 8 heteroatoms. The lowest BCUT2D eigenvalue weighted by Gasteiger charge is -2.37. The molecule has 7 nitrogen and oxygen atoms in total. The number of Topliss-reactive ketones (excluding diaryl/α,β-unsaturated/α-hetero) is 2. The van der Waals surface area contributed by atoms with Crippen molar-refractivity contribution >= 4 is 19.4 Å². The van der Waals surface area contributed by atoms with Gasteiger partial charge in [-0.25, -0.2) is 4.57 Å². The van der Waals surface area contributed by atoms with Crippen LogP contribution in [0.3, 0.4) is 0 Å². The van der Waals surface area contributed by atoms with E-state index in [2.05, 4.69) is 13.8 Å². The van der Waals surface area contributed by atoms with E-state index in [4.69, 9.17) is 4.52 Å². The van der Waals surface area contributed by atoms with E-state index >= 15 is 0 Å². The van der Waals surface area contributed by atoms with Gasteiger partial charge < -0.3 is 14.3 Å². The molecule has 0 radical (unpaired) electrons. The minimum atomic E-state index is -4.95. The highest BCUT2D eigenvalue weighted by atomic mass is 31.2. The number of unbranched alkanes of at least 4 members (excludes halogenated alkanes) is 20. The quantitative estimate of drug-likeness (QED) is 0.0482. The molecule has 41 heavy (non-hydrogen) atoms. The Labute approximate surface area is 253 Å². The zero-order valence-corrected chi connectivity index (χ0v) is 28.4. The maximum Gasteiger partial charge on any atom is 0.470 e. The smallest absolute Gasteiger partial charge is 0.320 e. The van der Waals surface area contributed by atoms with Crippen molar-refractivity contribution < 1.29 is 32.9 Å². The lowest BCUT2D eigenvalue weighted by molar-refractivity contribution is -0.888. The van der Waals surface area contributed by atoms with Gasteiger partial charge in [0.2, 0.25) is 0 Å². The molecule has 0 fully saturated rings. The van der Waals surface area contributed by atoms with E-state index in [1.165, 1.54) is 96.3 Å². The molecule has 0 aromatic heterocycles. The minimum Gasteiger partial charge on any atom is -0.320 e. The van der Waals surface area contributed by atoms with Gasteiger partial charge in [0.05, 0.1) is 21.1 Å². The number of nitrogens with zero attached hydrogens (tertiary/aromatic N) is 1. The van der Waals surface area contributed by atoms with Crippen molar-refractivity contribution in [3.63, 3.8) is 0 Å². The second kappa shape index (κ2) is 24.8. The van der Waals surface area contributed by atoms with Gasteiger partial charge in [-0.2, -0.15) is 0 Å². The Morgan fingerprint density at radius 1 is 0.561 bits per heavy atom. The Hall–Kier alpha value is -0.590. The number of hydrogen-bond acceptors (Lipinski definition) is 4. The average molecular weight is 605 g/mol. The molecule has 244 valence electrons. The van der Waals surface area contributed by atoms with Crippen LogP contribution < -0.4 is 0 Å². The van der Waals surface area contributed by atoms with E-state index in [-0.39, 0.29) is 22.5 Å². The number of ketones is 2. The standard InChI is InChI=1S/C33H66NO6P/c1-6-8-10-12-14-16-18-20-22-24-26-28-30(35)32(34(3,4)5)33(40-41(37,38)39)31(36)29-27-25-23-21-19-17-15-13-11-9-7-2/h32-33H,6-29H2,1-5H3,(H-,37,38,39)/p+1. The van der Waals surface area contributed by atoms with E-state index < -0.39 is 20.0 Å². The SMILES string of the molecule is CCCCCCCCCCCCCC(=O)C(OP(=O)(O)O)C(C(=O)CCCCCCCCCCCCC)[N+](C)(C)C. The summed E-state index contributed by atoms with van der Waals surface area (Å²) in [6, 6.07) is -0.939. The summed E-state index contributed by atoms with van der Waals surface area (Å²) in [6.45, 7) is 4.46. The van der Waals surface area contributed by atoms with Crippen molar-refractivity contribution in [2.45, 2.75) is 180 Å². The van der Waals surface area contributed by atoms with Gasteiger partial charge in [0.1, 0.15) is 0 Å². The van der Waals surface area contributed by atoms with Gasteiger partial charge in [-0.1, -0.05) is 142 Å². The Balaban J connectivity index is 4.65. The highest BCUT2D eigenvalue weighted by molar-refractivity contribution is 7.46. The first-order chi connectivity index (χ1) is 19.4. The molecule has 0 rings (SSSR count). The molecule has 0 aromatic carbocycles. The predicted molar refractivity (Wildman–Crippen MR) is 171 cm³/mol. The summed E-state index contributed by atoms with van der Waals surface area (Å²) in [7, 11) is 0.412. The van der Waals surface area contributed by atoms with Crippen LogP contribution in [0.25, 0.3) is 0 Å². The third kappa shape index (κ3) is 23.5. The summed E-state index contributed by atoms with van der Waals surface area (Å²) in [5.74, 6) is -0.534. The van der Waals surface area contributed by atoms with Crippen LogP contribution in [0.2, 0.25) is 0 Å². The summed E-state index contributed by atoms with van der Waals surface area (Å²) in [5.41, 5.74) is 0. The molecule has 2 unspecified atom stereocenters. The Morgan fingerprint density at radius 3 is 1.15 bits per heavy atom. The summed E-state index contributed by atoms with van der Waals surface area (Å²) in [5, 5.41) is 0. The summed E-state index contributed by atoms with van der Waals surface area (Å²) in [6.07, 6.45) is 24.7. The summed E-state index contributed by atoms with van der Waals surface area (Å²) >= 11 is 0. The summed E-state index contributed by atoms with van der Waals surface area (Å²) < 4.78 is 17.0. The number of likely N-dealkylation sites (N-methyl/N-ethyl adjacent to an activating group) is 1. The van der Waals surface area contributed by atoms with Gasteiger partial charge in [-0.15, -0.1) is 0 Å². The molecular weight excluding hydrogens is 537 g/mol. The van der Waals surface area contributed by atoms with Crippen molar-refractivity contribution in [2.24, 2.45) is 0 Å². The highest BCUT2D eigenvalue weighted by Gasteiger charge is 2.45. The molecule has 0 saturated carbocycles. The fourth-order valence-corrected chi connectivity index (χ4v) is 6.19. The zero-order chi connectivity index (χ0) is 31.0. The molecular formula is C33H67NO6P+. The van der Waals surface area contributed by atoms with Crippen LogP contribution in [-0.2, 0) is 18.7 Å². The molecule has 0 heterocycles. The van der Waals surface area contributed by atoms with Crippen molar-refractivity contribution in [1.29, 1.82) is 0 Å². The first-order valence-electron chi connectivity index (χ1n) is 17.0. The van der Waals surface area contributed by atoms with Crippen molar-refractivity contribution in [2.75, 3.05) is 21.1 Å². The van der Waals surface area contributed by atoms with Crippen LogP contribution in [0, 0.1) is 0 Å². The van der Waals surface area contributed by atoms with E-state index in [0.717, 1.165) is 38.5 Å². The number of carbonyl (C=O) groups is 2. The number of hydrogen-bond donors (Lipinski definition) is 2.